The standard InChI is InChI=1S/C44H23N3OS2/c1-2-14-27-25(13-1)40-36(37-29-16-5-9-22-34(29)49-42(27)37)28-15-3-7-20-32(28)47(40)44-45-39(38-30-17-6-10-23-35(30)50-43(38)46-44)31-19-11-18-26-24-12-4-8-21-33(24)48-41(26)31/h1-23H. The van der Waals surface area contributed by atoms with Crippen LogP contribution in [0.4, 0.5) is 0 Å². The van der Waals surface area contributed by atoms with Crippen molar-refractivity contribution in [2.24, 2.45) is 0 Å². The van der Waals surface area contributed by atoms with Crippen molar-refractivity contribution in [1.82, 2.24) is 14.5 Å². The van der Waals surface area contributed by atoms with E-state index < -0.39 is 0 Å². The van der Waals surface area contributed by atoms with Crippen LogP contribution in [0.1, 0.15) is 0 Å². The van der Waals surface area contributed by atoms with Gasteiger partial charge >= 0.3 is 0 Å². The summed E-state index contributed by atoms with van der Waals surface area (Å²) in [5, 5.41) is 11.9. The largest absolute Gasteiger partial charge is 0.455 e. The molecule has 0 atom stereocenters. The maximum absolute atomic E-state index is 6.62. The molecule has 0 bridgehead atoms. The van der Waals surface area contributed by atoms with Crippen LogP contribution in [0.2, 0.25) is 0 Å². The number of aromatic nitrogens is 3. The predicted octanol–water partition coefficient (Wildman–Crippen LogP) is 13.0. The van der Waals surface area contributed by atoms with Crippen molar-refractivity contribution in [3.63, 3.8) is 0 Å². The summed E-state index contributed by atoms with van der Waals surface area (Å²) in [6.07, 6.45) is 0. The number of nitrogens with zero attached hydrogens (tertiary/aromatic N) is 3. The molecule has 0 unspecified atom stereocenters. The Hall–Kier alpha value is -6.08. The van der Waals surface area contributed by atoms with Gasteiger partial charge in [0, 0.05) is 73.5 Å². The van der Waals surface area contributed by atoms with Gasteiger partial charge in [-0.3, -0.25) is 4.57 Å². The number of rotatable bonds is 2. The van der Waals surface area contributed by atoms with Crippen LogP contribution in [0.25, 0.3) is 112 Å². The van der Waals surface area contributed by atoms with Gasteiger partial charge in [-0.2, -0.15) is 0 Å². The van der Waals surface area contributed by atoms with E-state index in [1.165, 1.54) is 46.4 Å². The molecule has 0 fully saturated rings. The van der Waals surface area contributed by atoms with Crippen molar-refractivity contribution in [3.8, 4) is 17.2 Å². The van der Waals surface area contributed by atoms with Gasteiger partial charge in [-0.25, -0.2) is 9.97 Å². The van der Waals surface area contributed by atoms with E-state index >= 15 is 0 Å². The number of benzene rings is 7. The minimum atomic E-state index is 0.655. The molecule has 12 rings (SSSR count). The first-order valence-electron chi connectivity index (χ1n) is 16.7. The number of para-hydroxylation sites is 3. The minimum absolute atomic E-state index is 0.655. The van der Waals surface area contributed by atoms with Gasteiger partial charge in [-0.15, -0.1) is 22.7 Å². The van der Waals surface area contributed by atoms with Crippen LogP contribution in [0.5, 0.6) is 0 Å². The molecule has 0 aliphatic carbocycles. The van der Waals surface area contributed by atoms with Crippen molar-refractivity contribution in [2.75, 3.05) is 0 Å². The fourth-order valence-electron chi connectivity index (χ4n) is 8.17. The van der Waals surface area contributed by atoms with Crippen LogP contribution in [-0.4, -0.2) is 14.5 Å². The van der Waals surface area contributed by atoms with Gasteiger partial charge in [-0.1, -0.05) is 109 Å². The molecule has 5 aromatic heterocycles. The number of fused-ring (bicyclic) bond motifs is 16. The topological polar surface area (TPSA) is 43.9 Å². The van der Waals surface area contributed by atoms with Gasteiger partial charge in [0.25, 0.3) is 0 Å². The SMILES string of the molecule is c1ccc2c(c1)oc1c(-c3nc(-n4c5ccccc5c5c6c7ccccc7sc6c6ccccc6c54)nc4sc5ccccc5c34)cccc12. The van der Waals surface area contributed by atoms with Gasteiger partial charge in [0.1, 0.15) is 16.0 Å². The molecule has 232 valence electrons. The van der Waals surface area contributed by atoms with E-state index in [4.69, 9.17) is 14.4 Å². The smallest absolute Gasteiger partial charge is 0.236 e. The second-order valence-corrected chi connectivity index (χ2v) is 14.9. The zero-order chi connectivity index (χ0) is 32.5. The highest BCUT2D eigenvalue weighted by Gasteiger charge is 2.25. The van der Waals surface area contributed by atoms with Crippen LogP contribution in [0, 0.1) is 0 Å². The Morgan fingerprint density at radius 1 is 0.480 bits per heavy atom. The minimum Gasteiger partial charge on any atom is -0.455 e. The van der Waals surface area contributed by atoms with Crippen molar-refractivity contribution < 1.29 is 4.42 Å². The molecule has 0 aliphatic rings. The van der Waals surface area contributed by atoms with E-state index in [0.717, 1.165) is 59.8 Å². The average Bonchev–Trinajstić information content (AvgIpc) is 3.93. The van der Waals surface area contributed by atoms with Crippen LogP contribution in [0.3, 0.4) is 0 Å². The molecule has 12 aromatic rings. The molecule has 0 spiro atoms. The molecular weight excluding hydrogens is 651 g/mol. The average molecular weight is 674 g/mol. The highest BCUT2D eigenvalue weighted by atomic mass is 32.1. The maximum atomic E-state index is 6.62. The van der Waals surface area contributed by atoms with E-state index in [0.29, 0.717) is 5.95 Å². The van der Waals surface area contributed by atoms with E-state index in [1.54, 1.807) is 11.3 Å². The molecule has 4 nitrogen and oxygen atoms in total. The van der Waals surface area contributed by atoms with Crippen LogP contribution in [-0.2, 0) is 0 Å². The Bertz CT molecular complexity index is 3400. The zero-order valence-corrected chi connectivity index (χ0v) is 28.0. The normalized spacial score (nSPS) is 12.4. The molecule has 5 heterocycles. The molecule has 0 aliphatic heterocycles. The Morgan fingerprint density at radius 2 is 1.12 bits per heavy atom. The third-order valence-electron chi connectivity index (χ3n) is 10.2. The Kier molecular flexibility index (Phi) is 5.23. The van der Waals surface area contributed by atoms with Gasteiger partial charge < -0.3 is 4.42 Å². The maximum Gasteiger partial charge on any atom is 0.236 e. The summed E-state index contributed by atoms with van der Waals surface area (Å²) in [4.78, 5) is 12.0. The lowest BCUT2D eigenvalue weighted by atomic mass is 10.00. The summed E-state index contributed by atoms with van der Waals surface area (Å²) in [5.41, 5.74) is 5.78. The van der Waals surface area contributed by atoms with Gasteiger partial charge in [-0.05, 0) is 30.3 Å². The van der Waals surface area contributed by atoms with Crippen molar-refractivity contribution in [1.29, 1.82) is 0 Å². The molecular formula is C44H23N3OS2. The second-order valence-electron chi connectivity index (χ2n) is 12.9. The summed E-state index contributed by atoms with van der Waals surface area (Å²) in [7, 11) is 0. The van der Waals surface area contributed by atoms with Crippen LogP contribution >= 0.6 is 22.7 Å². The Balaban J connectivity index is 1.29. The number of hydrogen-bond donors (Lipinski definition) is 0. The van der Waals surface area contributed by atoms with Crippen molar-refractivity contribution >= 4 is 118 Å². The molecule has 7 aromatic carbocycles. The van der Waals surface area contributed by atoms with E-state index in [1.807, 2.05) is 23.5 Å². The molecule has 0 amide bonds. The first-order chi connectivity index (χ1) is 24.8. The van der Waals surface area contributed by atoms with Crippen LogP contribution < -0.4 is 0 Å². The predicted molar refractivity (Wildman–Crippen MR) is 212 cm³/mol. The zero-order valence-electron chi connectivity index (χ0n) is 26.3. The van der Waals surface area contributed by atoms with Crippen LogP contribution in [0.15, 0.2) is 144 Å². The molecule has 0 saturated heterocycles. The number of furan rings is 1. The van der Waals surface area contributed by atoms with E-state index in [9.17, 15) is 0 Å². The lowest BCUT2D eigenvalue weighted by molar-refractivity contribution is 0.670. The lowest BCUT2D eigenvalue weighted by Gasteiger charge is -2.12. The quantitative estimate of drug-likeness (QED) is 0.183. The lowest BCUT2D eigenvalue weighted by Crippen LogP contribution is -2.03. The molecule has 50 heavy (non-hydrogen) atoms. The fourth-order valence-corrected chi connectivity index (χ4v) is 10.5. The highest BCUT2D eigenvalue weighted by molar-refractivity contribution is 7.27. The second kappa shape index (κ2) is 9.76. The third kappa shape index (κ3) is 3.44. The summed E-state index contributed by atoms with van der Waals surface area (Å²) < 4.78 is 12.7. The summed E-state index contributed by atoms with van der Waals surface area (Å²) in [5.74, 6) is 0.655. The van der Waals surface area contributed by atoms with Crippen molar-refractivity contribution in [2.45, 2.75) is 0 Å². The summed E-state index contributed by atoms with van der Waals surface area (Å²) in [6, 6.07) is 49.6. The first-order valence-corrected chi connectivity index (χ1v) is 18.3. The molecule has 6 heteroatoms. The van der Waals surface area contributed by atoms with E-state index in [2.05, 4.69) is 132 Å². The summed E-state index contributed by atoms with van der Waals surface area (Å²) >= 11 is 3.60. The molecule has 0 N–H and O–H groups in total. The third-order valence-corrected chi connectivity index (χ3v) is 12.5. The summed E-state index contributed by atoms with van der Waals surface area (Å²) in [6.45, 7) is 0. The van der Waals surface area contributed by atoms with Gasteiger partial charge in [0.15, 0.2) is 0 Å². The van der Waals surface area contributed by atoms with Gasteiger partial charge in [0.2, 0.25) is 5.95 Å². The Labute approximate surface area is 292 Å². The van der Waals surface area contributed by atoms with Gasteiger partial charge in [0.05, 0.1) is 16.7 Å². The number of hydrogen-bond acceptors (Lipinski definition) is 5. The first kappa shape index (κ1) is 26.8. The molecule has 0 saturated carbocycles. The van der Waals surface area contributed by atoms with Crippen molar-refractivity contribution in [3.05, 3.63) is 140 Å². The van der Waals surface area contributed by atoms with E-state index in [-0.39, 0.29) is 0 Å². The number of thiophene rings is 2. The monoisotopic (exact) mass is 673 g/mol. The Morgan fingerprint density at radius 3 is 1.96 bits per heavy atom. The fraction of sp³-hybridized carbons (Fsp3) is 0. The highest BCUT2D eigenvalue weighted by Crippen LogP contribution is 2.49. The molecule has 0 radical (unpaired) electrons.